The van der Waals surface area contributed by atoms with E-state index < -0.39 is 5.41 Å². The van der Waals surface area contributed by atoms with Crippen molar-refractivity contribution < 1.29 is 0 Å². The number of benzene rings is 10. The quantitative estimate of drug-likeness (QED) is 0.167. The minimum Gasteiger partial charge on any atom is -0.309 e. The van der Waals surface area contributed by atoms with Crippen LogP contribution in [0, 0.1) is 0 Å². The van der Waals surface area contributed by atoms with E-state index in [1.54, 1.807) is 0 Å². The first-order valence-electron chi connectivity index (χ1n) is 24.2. The first-order chi connectivity index (χ1) is 33.3. The van der Waals surface area contributed by atoms with Crippen molar-refractivity contribution in [2.24, 2.45) is 0 Å². The lowest BCUT2D eigenvalue weighted by Gasteiger charge is -2.35. The van der Waals surface area contributed by atoms with E-state index in [2.05, 4.69) is 257 Å². The minimum atomic E-state index is -0.549. The molecule has 1 nitrogen and oxygen atoms in total. The SMILES string of the molecule is CC1(C)c2ccccc2-c2ccc(N(c3ccc(-c4ccccc4)cc3)c3c4c(cc5c3-c3cc(-c6ccccc6)ccc3C53c5ccccc5-c5ccccc53)C(C)(C)c3ccccc3-4)cc21. The van der Waals surface area contributed by atoms with Crippen LogP contribution in [0.2, 0.25) is 0 Å². The third kappa shape index (κ3) is 5.11. The zero-order valence-electron chi connectivity index (χ0n) is 38.8. The van der Waals surface area contributed by atoms with Gasteiger partial charge in [-0.25, -0.2) is 0 Å². The van der Waals surface area contributed by atoms with Gasteiger partial charge in [0.2, 0.25) is 0 Å². The maximum atomic E-state index is 2.65. The Morgan fingerprint density at radius 3 is 1.32 bits per heavy atom. The molecule has 0 atom stereocenters. The van der Waals surface area contributed by atoms with Gasteiger partial charge in [-0.3, -0.25) is 0 Å². The molecule has 322 valence electrons. The third-order valence-electron chi connectivity index (χ3n) is 16.3. The van der Waals surface area contributed by atoms with Gasteiger partial charge in [-0.05, 0) is 130 Å². The van der Waals surface area contributed by atoms with Gasteiger partial charge in [-0.2, -0.15) is 0 Å². The molecule has 0 radical (unpaired) electrons. The Morgan fingerprint density at radius 2 is 0.691 bits per heavy atom. The van der Waals surface area contributed by atoms with Crippen molar-refractivity contribution in [3.8, 4) is 66.8 Å². The molecular weight excluding hydrogens is 819 g/mol. The van der Waals surface area contributed by atoms with Crippen LogP contribution in [0.3, 0.4) is 0 Å². The van der Waals surface area contributed by atoms with Crippen LogP contribution in [-0.4, -0.2) is 0 Å². The van der Waals surface area contributed by atoms with Crippen LogP contribution in [0.4, 0.5) is 17.1 Å². The van der Waals surface area contributed by atoms with Crippen molar-refractivity contribution in [3.05, 3.63) is 269 Å². The third-order valence-corrected chi connectivity index (χ3v) is 16.3. The van der Waals surface area contributed by atoms with Crippen LogP contribution in [0.25, 0.3) is 66.8 Å². The van der Waals surface area contributed by atoms with Crippen LogP contribution in [0.1, 0.15) is 72.2 Å². The maximum absolute atomic E-state index is 2.65. The highest BCUT2D eigenvalue weighted by molar-refractivity contribution is 6.09. The number of nitrogens with zero attached hydrogens (tertiary/aromatic N) is 1. The van der Waals surface area contributed by atoms with Gasteiger partial charge >= 0.3 is 0 Å². The lowest BCUT2D eigenvalue weighted by Crippen LogP contribution is -2.27. The summed E-state index contributed by atoms with van der Waals surface area (Å²) in [6.07, 6.45) is 0. The number of hydrogen-bond acceptors (Lipinski definition) is 1. The lowest BCUT2D eigenvalue weighted by molar-refractivity contribution is 0.657. The number of fused-ring (bicyclic) bond motifs is 16. The predicted octanol–water partition coefficient (Wildman–Crippen LogP) is 17.4. The summed E-state index contributed by atoms with van der Waals surface area (Å²) in [4.78, 5) is 2.65. The molecule has 0 amide bonds. The van der Waals surface area contributed by atoms with Crippen LogP contribution in [-0.2, 0) is 16.2 Å². The van der Waals surface area contributed by atoms with E-state index in [1.165, 1.54) is 117 Å². The molecule has 0 heterocycles. The van der Waals surface area contributed by atoms with E-state index in [1.807, 2.05) is 0 Å². The summed E-state index contributed by atoms with van der Waals surface area (Å²) in [6, 6.07) is 85.1. The lowest BCUT2D eigenvalue weighted by atomic mass is 9.69. The average Bonchev–Trinajstić information content (AvgIpc) is 4.02. The summed E-state index contributed by atoms with van der Waals surface area (Å²) < 4.78 is 0. The number of anilines is 3. The standard InChI is InChI=1S/C67H49N/c1-65(2)54-27-15-11-23-48(54)51-37-36-47(40-59(51)65)68(46-34-31-44(32-35-46)42-19-7-5-8-20-42)64-62-52-26-14-16-28-55(52)66(3,4)60(62)41-61-63(64)53-39-45(43-21-9-6-10-22-43)33-38-58(53)67(61)56-29-17-12-24-49(56)50-25-13-18-30-57(50)67/h5-41H,1-4H3. The molecule has 4 aliphatic rings. The van der Waals surface area contributed by atoms with Crippen LogP contribution in [0.5, 0.6) is 0 Å². The van der Waals surface area contributed by atoms with E-state index >= 15 is 0 Å². The van der Waals surface area contributed by atoms with E-state index in [4.69, 9.17) is 0 Å². The molecule has 0 fully saturated rings. The summed E-state index contributed by atoms with van der Waals surface area (Å²) in [5.74, 6) is 0. The highest BCUT2D eigenvalue weighted by atomic mass is 15.2. The normalized spacial score (nSPS) is 15.1. The van der Waals surface area contributed by atoms with Crippen LogP contribution in [0.15, 0.2) is 224 Å². The van der Waals surface area contributed by atoms with Gasteiger partial charge in [0.15, 0.2) is 0 Å². The average molecular weight is 868 g/mol. The van der Waals surface area contributed by atoms with Gasteiger partial charge in [0, 0.05) is 33.3 Å². The Morgan fingerprint density at radius 1 is 0.265 bits per heavy atom. The van der Waals surface area contributed by atoms with Crippen LogP contribution >= 0.6 is 0 Å². The Kier molecular flexibility index (Phi) is 8.08. The summed E-state index contributed by atoms with van der Waals surface area (Å²) in [5, 5.41) is 0. The fraction of sp³-hybridized carbons (Fsp3) is 0.104. The summed E-state index contributed by atoms with van der Waals surface area (Å²) in [7, 11) is 0. The largest absolute Gasteiger partial charge is 0.309 e. The van der Waals surface area contributed by atoms with Gasteiger partial charge in [-0.1, -0.05) is 222 Å². The molecule has 4 aliphatic carbocycles. The van der Waals surface area contributed by atoms with Gasteiger partial charge in [-0.15, -0.1) is 0 Å². The molecule has 1 spiro atoms. The zero-order valence-corrected chi connectivity index (χ0v) is 38.8. The summed E-state index contributed by atoms with van der Waals surface area (Å²) in [6.45, 7) is 9.69. The van der Waals surface area contributed by atoms with E-state index in [0.29, 0.717) is 0 Å². The van der Waals surface area contributed by atoms with E-state index in [9.17, 15) is 0 Å². The molecule has 68 heavy (non-hydrogen) atoms. The number of rotatable bonds is 5. The van der Waals surface area contributed by atoms with Crippen molar-refractivity contribution in [3.63, 3.8) is 0 Å². The summed E-state index contributed by atoms with van der Waals surface area (Å²) in [5.41, 5.74) is 28.7. The predicted molar refractivity (Wildman–Crippen MR) is 283 cm³/mol. The summed E-state index contributed by atoms with van der Waals surface area (Å²) >= 11 is 0. The molecule has 0 bridgehead atoms. The molecule has 0 saturated carbocycles. The van der Waals surface area contributed by atoms with E-state index in [0.717, 1.165) is 11.4 Å². The molecule has 0 unspecified atom stereocenters. The molecule has 1 heteroatoms. The fourth-order valence-electron chi connectivity index (χ4n) is 13.1. The molecule has 14 rings (SSSR count). The van der Waals surface area contributed by atoms with Gasteiger partial charge in [0.1, 0.15) is 0 Å². The van der Waals surface area contributed by atoms with Gasteiger partial charge in [0.05, 0.1) is 11.1 Å². The van der Waals surface area contributed by atoms with Crippen molar-refractivity contribution in [2.45, 2.75) is 43.9 Å². The Labute approximate surface area is 399 Å². The highest BCUT2D eigenvalue weighted by Crippen LogP contribution is 2.69. The molecule has 0 N–H and O–H groups in total. The molecule has 0 aliphatic heterocycles. The molecule has 0 saturated heterocycles. The van der Waals surface area contributed by atoms with Crippen molar-refractivity contribution in [1.29, 1.82) is 0 Å². The fourth-order valence-corrected chi connectivity index (χ4v) is 13.1. The highest BCUT2D eigenvalue weighted by Gasteiger charge is 2.55. The first kappa shape index (κ1) is 39.2. The first-order valence-corrected chi connectivity index (χ1v) is 24.2. The second-order valence-electron chi connectivity index (χ2n) is 20.4. The monoisotopic (exact) mass is 867 g/mol. The molecule has 10 aromatic rings. The Bertz CT molecular complexity index is 3680. The maximum Gasteiger partial charge on any atom is 0.0726 e. The minimum absolute atomic E-state index is 0.182. The van der Waals surface area contributed by atoms with Gasteiger partial charge < -0.3 is 4.90 Å². The Balaban J connectivity index is 1.15. The van der Waals surface area contributed by atoms with Gasteiger partial charge in [0.25, 0.3) is 0 Å². The topological polar surface area (TPSA) is 3.24 Å². The smallest absolute Gasteiger partial charge is 0.0726 e. The zero-order chi connectivity index (χ0) is 45.5. The second-order valence-corrected chi connectivity index (χ2v) is 20.4. The van der Waals surface area contributed by atoms with E-state index in [-0.39, 0.29) is 10.8 Å². The second kappa shape index (κ2) is 14.0. The molecule has 10 aromatic carbocycles. The van der Waals surface area contributed by atoms with Crippen molar-refractivity contribution in [1.82, 2.24) is 0 Å². The molecule has 0 aromatic heterocycles. The van der Waals surface area contributed by atoms with Crippen molar-refractivity contribution >= 4 is 17.1 Å². The Hall–Kier alpha value is -8.00. The van der Waals surface area contributed by atoms with Crippen LogP contribution < -0.4 is 4.90 Å². The number of hydrogen-bond donors (Lipinski definition) is 0. The molecular formula is C67H49N. The van der Waals surface area contributed by atoms with Crippen molar-refractivity contribution in [2.75, 3.05) is 4.90 Å².